The highest BCUT2D eigenvalue weighted by atomic mass is 35.5. The zero-order valence-electron chi connectivity index (χ0n) is 17.3. The molecule has 4 rings (SSSR count). The van der Waals surface area contributed by atoms with Gasteiger partial charge in [0.1, 0.15) is 5.82 Å². The Kier molecular flexibility index (Phi) is 8.82. The monoisotopic (exact) mass is 387 g/mol. The Morgan fingerprint density at radius 2 is 1.74 bits per heavy atom. The van der Waals surface area contributed by atoms with Crippen molar-refractivity contribution >= 4 is 39.2 Å². The maximum Gasteiger partial charge on any atom is 0.132 e. The van der Waals surface area contributed by atoms with Gasteiger partial charge >= 0.3 is 0 Å². The van der Waals surface area contributed by atoms with E-state index < -0.39 is 0 Å². The molecule has 0 spiro atoms. The van der Waals surface area contributed by atoms with E-state index >= 15 is 0 Å². The molecule has 0 aliphatic rings. The van der Waals surface area contributed by atoms with Gasteiger partial charge in [-0.1, -0.05) is 39.3 Å². The zero-order valence-corrected chi connectivity index (χ0v) is 18.0. The second-order valence-electron chi connectivity index (χ2n) is 5.51. The molecule has 0 saturated carbocycles. The lowest BCUT2D eigenvalue weighted by molar-refractivity contribution is 0.917. The number of hydrogen-bond acceptors (Lipinski definition) is 3. The molecule has 0 amide bonds. The molecule has 0 radical (unpaired) electrons. The van der Waals surface area contributed by atoms with E-state index in [0.717, 1.165) is 27.5 Å². The van der Waals surface area contributed by atoms with E-state index in [1.807, 2.05) is 60.0 Å². The summed E-state index contributed by atoms with van der Waals surface area (Å²) in [7, 11) is 2.00. The molecular weight excluding hydrogens is 358 g/mol. The van der Waals surface area contributed by atoms with Gasteiger partial charge in [-0.3, -0.25) is 4.98 Å². The van der Waals surface area contributed by atoms with E-state index in [4.69, 9.17) is 17.3 Å². The van der Waals surface area contributed by atoms with Crippen molar-refractivity contribution in [1.82, 2.24) is 19.5 Å². The summed E-state index contributed by atoms with van der Waals surface area (Å²) in [5.74, 6) is 0.590. The van der Waals surface area contributed by atoms with Crippen molar-refractivity contribution in [2.75, 3.05) is 5.73 Å². The molecule has 4 heterocycles. The number of aromatic nitrogens is 4. The maximum atomic E-state index is 5.99. The Bertz CT molecular complexity index is 985. The first kappa shape index (κ1) is 22.5. The quantitative estimate of drug-likeness (QED) is 0.386. The summed E-state index contributed by atoms with van der Waals surface area (Å²) in [6.45, 7) is 12.1. The van der Waals surface area contributed by atoms with Crippen molar-refractivity contribution in [2.24, 2.45) is 7.05 Å². The number of pyridine rings is 2. The second-order valence-corrected chi connectivity index (χ2v) is 5.92. The summed E-state index contributed by atoms with van der Waals surface area (Å²) in [4.78, 5) is 11.2. The molecule has 3 N–H and O–H groups in total. The molecule has 0 atom stereocenters. The van der Waals surface area contributed by atoms with Gasteiger partial charge < -0.3 is 15.3 Å². The molecule has 4 aromatic rings. The van der Waals surface area contributed by atoms with Crippen molar-refractivity contribution in [3.8, 4) is 0 Å². The van der Waals surface area contributed by atoms with Crippen molar-refractivity contribution in [3.05, 3.63) is 53.2 Å². The summed E-state index contributed by atoms with van der Waals surface area (Å²) in [5, 5.41) is 2.82. The third kappa shape index (κ3) is 5.23. The van der Waals surface area contributed by atoms with Gasteiger partial charge in [0.15, 0.2) is 0 Å². The SMILES string of the molecule is CC.CC.Cc1cc2c(N)nccc2[nH]1.Cc1cc2cncc(Cl)c2n1C. The van der Waals surface area contributed by atoms with Crippen LogP contribution in [0.15, 0.2) is 36.8 Å². The van der Waals surface area contributed by atoms with Gasteiger partial charge in [0.05, 0.1) is 16.1 Å². The second kappa shape index (κ2) is 10.6. The van der Waals surface area contributed by atoms with Gasteiger partial charge in [-0.05, 0) is 32.0 Å². The molecule has 4 aromatic heterocycles. The largest absolute Gasteiger partial charge is 0.383 e. The molecule has 0 unspecified atom stereocenters. The van der Waals surface area contributed by atoms with E-state index in [2.05, 4.69) is 32.5 Å². The number of H-pyrrole nitrogens is 1. The van der Waals surface area contributed by atoms with Crippen LogP contribution in [0, 0.1) is 13.8 Å². The van der Waals surface area contributed by atoms with Crippen LogP contribution >= 0.6 is 11.6 Å². The molecule has 146 valence electrons. The standard InChI is InChI=1S/C9H9ClN2.C8H9N3.2C2H6/c1-6-3-7-4-11-5-8(10)9(7)12(6)2;1-5-4-6-7(11-5)2-3-10-8(6)9;2*1-2/h3-5H,1-2H3;2-4,11H,1H3,(H2,9,10);2*1-2H3. The smallest absolute Gasteiger partial charge is 0.132 e. The van der Waals surface area contributed by atoms with Crippen LogP contribution in [0.3, 0.4) is 0 Å². The highest BCUT2D eigenvalue weighted by Gasteiger charge is 2.05. The number of halogens is 1. The minimum atomic E-state index is 0.590. The van der Waals surface area contributed by atoms with Gasteiger partial charge in [-0.15, -0.1) is 0 Å². The van der Waals surface area contributed by atoms with E-state index in [0.29, 0.717) is 10.8 Å². The number of hydrogen-bond donors (Lipinski definition) is 2. The molecule has 0 aliphatic carbocycles. The fourth-order valence-corrected chi connectivity index (χ4v) is 2.91. The third-order valence-corrected chi connectivity index (χ3v) is 4.12. The van der Waals surface area contributed by atoms with Crippen molar-refractivity contribution in [3.63, 3.8) is 0 Å². The van der Waals surface area contributed by atoms with E-state index in [9.17, 15) is 0 Å². The lowest BCUT2D eigenvalue weighted by atomic mass is 10.3. The van der Waals surface area contributed by atoms with E-state index in [1.54, 1.807) is 12.4 Å². The van der Waals surface area contributed by atoms with Crippen LogP contribution in [0.25, 0.3) is 21.8 Å². The first-order valence-electron chi connectivity index (χ1n) is 9.22. The molecule has 6 heteroatoms. The average Bonchev–Trinajstić information content (AvgIpc) is 3.20. The number of anilines is 1. The Morgan fingerprint density at radius 3 is 2.33 bits per heavy atom. The maximum absolute atomic E-state index is 5.99. The Balaban J connectivity index is 0.000000229. The van der Waals surface area contributed by atoms with Gasteiger partial charge in [0, 0.05) is 47.8 Å². The number of nitrogen functional groups attached to an aromatic ring is 1. The molecule has 0 aliphatic heterocycles. The summed E-state index contributed by atoms with van der Waals surface area (Å²) in [5.41, 5.74) is 10.1. The van der Waals surface area contributed by atoms with Gasteiger partial charge in [-0.2, -0.15) is 0 Å². The number of nitrogens with two attached hydrogens (primary N) is 1. The Morgan fingerprint density at radius 1 is 1.07 bits per heavy atom. The van der Waals surface area contributed by atoms with Crippen molar-refractivity contribution in [1.29, 1.82) is 0 Å². The van der Waals surface area contributed by atoms with Crippen molar-refractivity contribution in [2.45, 2.75) is 41.5 Å². The average molecular weight is 388 g/mol. The van der Waals surface area contributed by atoms with Crippen LogP contribution in [0.5, 0.6) is 0 Å². The summed E-state index contributed by atoms with van der Waals surface area (Å²) >= 11 is 5.99. The normalized spacial score (nSPS) is 9.63. The number of nitrogens with one attached hydrogen (secondary N) is 1. The molecule has 27 heavy (non-hydrogen) atoms. The fourth-order valence-electron chi connectivity index (χ4n) is 2.62. The molecule has 0 aromatic carbocycles. The predicted octanol–water partition coefficient (Wildman–Crippen LogP) is 6.04. The van der Waals surface area contributed by atoms with Gasteiger partial charge in [-0.25, -0.2) is 4.98 Å². The lowest BCUT2D eigenvalue weighted by Gasteiger charge is -1.99. The first-order valence-corrected chi connectivity index (χ1v) is 9.60. The lowest BCUT2D eigenvalue weighted by Crippen LogP contribution is -1.89. The predicted molar refractivity (Wildman–Crippen MR) is 118 cm³/mol. The van der Waals surface area contributed by atoms with E-state index in [-0.39, 0.29) is 0 Å². The Hall–Kier alpha value is -2.53. The summed E-state index contributed by atoms with van der Waals surface area (Å²) < 4.78 is 2.07. The van der Waals surface area contributed by atoms with Crippen LogP contribution < -0.4 is 5.73 Å². The minimum Gasteiger partial charge on any atom is -0.383 e. The summed E-state index contributed by atoms with van der Waals surface area (Å²) in [6.07, 6.45) is 5.20. The number of fused-ring (bicyclic) bond motifs is 2. The Labute approximate surface area is 166 Å². The molecule has 0 bridgehead atoms. The van der Waals surface area contributed by atoms with Crippen LogP contribution in [0.4, 0.5) is 5.82 Å². The molecule has 0 fully saturated rings. The third-order valence-electron chi connectivity index (χ3n) is 3.84. The highest BCUT2D eigenvalue weighted by Crippen LogP contribution is 2.24. The highest BCUT2D eigenvalue weighted by molar-refractivity contribution is 6.35. The van der Waals surface area contributed by atoms with Gasteiger partial charge in [0.25, 0.3) is 0 Å². The topological polar surface area (TPSA) is 72.5 Å². The summed E-state index contributed by atoms with van der Waals surface area (Å²) in [6, 6.07) is 5.99. The minimum absolute atomic E-state index is 0.590. The van der Waals surface area contributed by atoms with Crippen LogP contribution in [0.1, 0.15) is 39.1 Å². The fraction of sp³-hybridized carbons (Fsp3) is 0.333. The van der Waals surface area contributed by atoms with Gasteiger partial charge in [0.2, 0.25) is 0 Å². The van der Waals surface area contributed by atoms with Crippen LogP contribution in [-0.2, 0) is 7.05 Å². The van der Waals surface area contributed by atoms with Crippen molar-refractivity contribution < 1.29 is 0 Å². The number of aromatic amines is 1. The van der Waals surface area contributed by atoms with Crippen LogP contribution in [-0.4, -0.2) is 19.5 Å². The number of nitrogens with zero attached hydrogens (tertiary/aromatic N) is 3. The molecule has 5 nitrogen and oxygen atoms in total. The zero-order chi connectivity index (χ0) is 20.6. The van der Waals surface area contributed by atoms with E-state index in [1.165, 1.54) is 5.69 Å². The first-order chi connectivity index (χ1) is 13.0. The van der Waals surface area contributed by atoms with Crippen LogP contribution in [0.2, 0.25) is 5.02 Å². The molecular formula is C21H30ClN5. The number of rotatable bonds is 0. The number of aryl methyl sites for hydroxylation is 3. The molecule has 0 saturated heterocycles.